The summed E-state index contributed by atoms with van der Waals surface area (Å²) in [5.74, 6) is 4.70. The Morgan fingerprint density at radius 3 is 2.33 bits per heavy atom. The van der Waals surface area contributed by atoms with Crippen molar-refractivity contribution in [1.29, 1.82) is 0 Å². The van der Waals surface area contributed by atoms with E-state index in [0.717, 1.165) is 37.4 Å². The summed E-state index contributed by atoms with van der Waals surface area (Å²) in [6, 6.07) is 21.8. The summed E-state index contributed by atoms with van der Waals surface area (Å²) in [5, 5.41) is 6.22. The van der Waals surface area contributed by atoms with Gasteiger partial charge in [0.2, 0.25) is 0 Å². The molecule has 0 spiro atoms. The first-order chi connectivity index (χ1) is 20.5. The van der Waals surface area contributed by atoms with Gasteiger partial charge in [0.1, 0.15) is 29.5 Å². The number of hydrogen-bond donors (Lipinski definition) is 2. The molecule has 1 aliphatic rings. The van der Waals surface area contributed by atoms with Crippen molar-refractivity contribution in [2.75, 3.05) is 67.9 Å². The van der Waals surface area contributed by atoms with Crippen LogP contribution in [0.2, 0.25) is 0 Å². The SMILES string of the molecule is C#Cc1ccc(NC(=O)N(c2ccc(N3CCN(C)CC3)cc2)c2cc(Nc3ccc(OC)cc3OC)ncn2)cc1. The van der Waals surface area contributed by atoms with Crippen LogP contribution < -0.4 is 29.9 Å². The standard InChI is InChI=1S/C32H33N7O3/c1-5-23-6-8-24(9-7-23)35-32(40)39(26-12-10-25(11-13-26)38-18-16-37(2)17-19-38)31-21-30(33-22-34-31)36-28-15-14-27(41-3)20-29(28)42-4/h1,6-15,20-22H,16-19H2,2-4H3,(H,35,40)(H,33,34,36). The van der Waals surface area contributed by atoms with Gasteiger partial charge in [0.15, 0.2) is 0 Å². The molecule has 0 atom stereocenters. The van der Waals surface area contributed by atoms with Gasteiger partial charge in [-0.05, 0) is 67.7 Å². The van der Waals surface area contributed by atoms with E-state index in [9.17, 15) is 4.79 Å². The second-order valence-corrected chi connectivity index (χ2v) is 9.75. The fourth-order valence-corrected chi connectivity index (χ4v) is 4.64. The molecule has 0 bridgehead atoms. The average molecular weight is 564 g/mol. The molecule has 1 fully saturated rings. The largest absolute Gasteiger partial charge is 0.497 e. The van der Waals surface area contributed by atoms with Gasteiger partial charge in [0.05, 0.1) is 25.6 Å². The smallest absolute Gasteiger partial charge is 0.332 e. The van der Waals surface area contributed by atoms with Gasteiger partial charge in [0, 0.05) is 55.2 Å². The fourth-order valence-electron chi connectivity index (χ4n) is 4.64. The zero-order chi connectivity index (χ0) is 29.5. The van der Waals surface area contributed by atoms with Crippen LogP contribution >= 0.6 is 0 Å². The van der Waals surface area contributed by atoms with Crippen molar-refractivity contribution in [1.82, 2.24) is 14.9 Å². The number of hydrogen-bond acceptors (Lipinski definition) is 8. The lowest BCUT2D eigenvalue weighted by Gasteiger charge is -2.34. The molecule has 1 aliphatic heterocycles. The second kappa shape index (κ2) is 12.9. The Hall–Kier alpha value is -5.27. The van der Waals surface area contributed by atoms with E-state index in [1.807, 2.05) is 36.4 Å². The minimum atomic E-state index is -0.387. The number of amides is 2. The molecule has 0 unspecified atom stereocenters. The van der Waals surface area contributed by atoms with E-state index in [0.29, 0.717) is 40.2 Å². The number of nitrogens with zero attached hydrogens (tertiary/aromatic N) is 5. The molecule has 0 aliphatic carbocycles. The molecule has 2 heterocycles. The maximum atomic E-state index is 13.8. The van der Waals surface area contributed by atoms with Crippen LogP contribution in [0.25, 0.3) is 0 Å². The third kappa shape index (κ3) is 6.54. The van der Waals surface area contributed by atoms with Crippen molar-refractivity contribution >= 4 is 40.4 Å². The topological polar surface area (TPSA) is 95.1 Å². The van der Waals surface area contributed by atoms with E-state index in [-0.39, 0.29) is 6.03 Å². The molecule has 1 aromatic heterocycles. The number of nitrogens with one attached hydrogen (secondary N) is 2. The third-order valence-electron chi connectivity index (χ3n) is 7.04. The Morgan fingerprint density at radius 2 is 1.67 bits per heavy atom. The number of ether oxygens (including phenoxy) is 2. The summed E-state index contributed by atoms with van der Waals surface area (Å²) >= 11 is 0. The van der Waals surface area contributed by atoms with E-state index in [1.165, 1.54) is 11.2 Å². The van der Waals surface area contributed by atoms with Crippen LogP contribution in [0.3, 0.4) is 0 Å². The van der Waals surface area contributed by atoms with E-state index in [4.69, 9.17) is 15.9 Å². The van der Waals surface area contributed by atoms with Crippen molar-refractivity contribution in [2.24, 2.45) is 0 Å². The molecule has 1 saturated heterocycles. The number of carbonyl (C=O) groups excluding carboxylic acids is 1. The van der Waals surface area contributed by atoms with Crippen LogP contribution in [-0.4, -0.2) is 68.3 Å². The van der Waals surface area contributed by atoms with Gasteiger partial charge in [-0.2, -0.15) is 0 Å². The van der Waals surface area contributed by atoms with Crippen LogP contribution in [0, 0.1) is 12.3 Å². The molecule has 5 rings (SSSR count). The number of urea groups is 1. The number of terminal acetylenes is 1. The lowest BCUT2D eigenvalue weighted by Crippen LogP contribution is -2.44. The molecule has 0 saturated carbocycles. The summed E-state index contributed by atoms with van der Waals surface area (Å²) in [4.78, 5) is 28.8. The summed E-state index contributed by atoms with van der Waals surface area (Å²) in [5.41, 5.74) is 3.77. The zero-order valence-corrected chi connectivity index (χ0v) is 23.9. The highest BCUT2D eigenvalue weighted by Gasteiger charge is 2.22. The molecule has 4 aromatic rings. The van der Waals surface area contributed by atoms with Crippen LogP contribution in [0.5, 0.6) is 11.5 Å². The quantitative estimate of drug-likeness (QED) is 0.278. The lowest BCUT2D eigenvalue weighted by atomic mass is 10.2. The summed E-state index contributed by atoms with van der Waals surface area (Å²) in [7, 11) is 5.31. The minimum Gasteiger partial charge on any atom is -0.497 e. The van der Waals surface area contributed by atoms with Crippen LogP contribution in [0.15, 0.2) is 79.1 Å². The Kier molecular flexibility index (Phi) is 8.70. The number of piperazine rings is 1. The van der Waals surface area contributed by atoms with Crippen molar-refractivity contribution in [3.05, 3.63) is 84.7 Å². The van der Waals surface area contributed by atoms with Gasteiger partial charge in [-0.3, -0.25) is 0 Å². The first kappa shape index (κ1) is 28.3. The third-order valence-corrected chi connectivity index (χ3v) is 7.04. The number of aromatic nitrogens is 2. The molecule has 3 aromatic carbocycles. The Morgan fingerprint density at radius 1 is 0.929 bits per heavy atom. The van der Waals surface area contributed by atoms with Gasteiger partial charge in [0.25, 0.3) is 0 Å². The molecule has 214 valence electrons. The summed E-state index contributed by atoms with van der Waals surface area (Å²) in [6.07, 6.45) is 6.90. The van der Waals surface area contributed by atoms with Crippen molar-refractivity contribution in [2.45, 2.75) is 0 Å². The van der Waals surface area contributed by atoms with Gasteiger partial charge in [-0.1, -0.05) is 5.92 Å². The monoisotopic (exact) mass is 563 g/mol. The highest BCUT2D eigenvalue weighted by Crippen LogP contribution is 2.33. The van der Waals surface area contributed by atoms with Crippen LogP contribution in [0.1, 0.15) is 5.56 Å². The highest BCUT2D eigenvalue weighted by molar-refractivity contribution is 6.06. The average Bonchev–Trinajstić information content (AvgIpc) is 3.03. The number of methoxy groups -OCH3 is 2. The van der Waals surface area contributed by atoms with Gasteiger partial charge in [-0.25, -0.2) is 19.7 Å². The second-order valence-electron chi connectivity index (χ2n) is 9.75. The number of rotatable bonds is 8. The van der Waals surface area contributed by atoms with Gasteiger partial charge >= 0.3 is 6.03 Å². The molecule has 0 radical (unpaired) electrons. The van der Waals surface area contributed by atoms with Gasteiger partial charge < -0.3 is 29.9 Å². The maximum absolute atomic E-state index is 13.8. The van der Waals surface area contributed by atoms with Crippen molar-refractivity contribution in [3.63, 3.8) is 0 Å². The molecule has 10 nitrogen and oxygen atoms in total. The lowest BCUT2D eigenvalue weighted by molar-refractivity contribution is 0.259. The molecule has 2 N–H and O–H groups in total. The van der Waals surface area contributed by atoms with E-state index in [2.05, 4.69) is 43.4 Å². The van der Waals surface area contributed by atoms with Crippen LogP contribution in [-0.2, 0) is 0 Å². The molecular weight excluding hydrogens is 530 g/mol. The van der Waals surface area contributed by atoms with Crippen molar-refractivity contribution in [3.8, 4) is 23.8 Å². The molecule has 10 heteroatoms. The maximum Gasteiger partial charge on any atom is 0.332 e. The Bertz CT molecular complexity index is 1560. The Balaban J connectivity index is 1.45. The van der Waals surface area contributed by atoms with E-state index in [1.54, 1.807) is 50.6 Å². The van der Waals surface area contributed by atoms with E-state index >= 15 is 0 Å². The number of likely N-dealkylation sites (N-methyl/N-ethyl adjacent to an activating group) is 1. The molecular formula is C32H33N7O3. The predicted octanol–water partition coefficient (Wildman–Crippen LogP) is 5.34. The normalized spacial score (nSPS) is 13.1. The number of benzene rings is 3. The molecule has 2 amide bonds. The Labute approximate surface area is 245 Å². The van der Waals surface area contributed by atoms with Crippen LogP contribution in [0.4, 0.5) is 39.2 Å². The zero-order valence-electron chi connectivity index (χ0n) is 23.9. The molecule has 42 heavy (non-hydrogen) atoms. The van der Waals surface area contributed by atoms with Crippen molar-refractivity contribution < 1.29 is 14.3 Å². The fraction of sp³-hybridized carbons (Fsp3) is 0.219. The number of carbonyl (C=O) groups is 1. The highest BCUT2D eigenvalue weighted by atomic mass is 16.5. The minimum absolute atomic E-state index is 0.380. The van der Waals surface area contributed by atoms with E-state index < -0.39 is 0 Å². The van der Waals surface area contributed by atoms with Gasteiger partial charge in [-0.15, -0.1) is 6.42 Å². The summed E-state index contributed by atoms with van der Waals surface area (Å²) in [6.45, 7) is 3.90. The number of anilines is 6. The summed E-state index contributed by atoms with van der Waals surface area (Å²) < 4.78 is 10.8. The first-order valence-corrected chi connectivity index (χ1v) is 13.5. The first-order valence-electron chi connectivity index (χ1n) is 13.5. The predicted molar refractivity (Wildman–Crippen MR) is 167 cm³/mol.